The van der Waals surface area contributed by atoms with Crippen molar-refractivity contribution in [3.8, 4) is 10.6 Å². The largest absolute Gasteiger partial charge is 0.330 e. The van der Waals surface area contributed by atoms with Crippen LogP contribution in [0.15, 0.2) is 22.1 Å². The van der Waals surface area contributed by atoms with E-state index in [0.29, 0.717) is 6.54 Å². The molecule has 0 saturated carbocycles. The van der Waals surface area contributed by atoms with Gasteiger partial charge in [0.2, 0.25) is 0 Å². The van der Waals surface area contributed by atoms with Crippen LogP contribution in [0.5, 0.6) is 0 Å². The molecule has 0 amide bonds. The molecule has 74 valence electrons. The van der Waals surface area contributed by atoms with E-state index in [4.69, 9.17) is 5.73 Å². The molecule has 2 heterocycles. The highest BCUT2D eigenvalue weighted by Gasteiger charge is 2.08. The lowest BCUT2D eigenvalue weighted by Gasteiger charge is -1.97. The van der Waals surface area contributed by atoms with Gasteiger partial charge in [0.1, 0.15) is 0 Å². The van der Waals surface area contributed by atoms with Crippen molar-refractivity contribution >= 4 is 27.3 Å². The number of nitrogens with one attached hydrogen (secondary N) is 1. The first-order valence-electron chi connectivity index (χ1n) is 4.28. The van der Waals surface area contributed by atoms with Crippen molar-refractivity contribution in [2.75, 3.05) is 6.54 Å². The lowest BCUT2D eigenvalue weighted by atomic mass is 10.1. The average molecular weight is 272 g/mol. The van der Waals surface area contributed by atoms with Gasteiger partial charge in [0, 0.05) is 9.85 Å². The summed E-state index contributed by atoms with van der Waals surface area (Å²) in [5, 5.41) is 9.10. The zero-order valence-corrected chi connectivity index (χ0v) is 9.86. The molecule has 0 fully saturated rings. The summed E-state index contributed by atoms with van der Waals surface area (Å²) >= 11 is 5.12. The van der Waals surface area contributed by atoms with E-state index < -0.39 is 0 Å². The monoisotopic (exact) mass is 271 g/mol. The SMILES string of the molecule is NCCc1cn[nH]c1-c1cc(Br)cs1. The number of halogens is 1. The normalized spacial score (nSPS) is 10.7. The number of nitrogens with two attached hydrogens (primary N) is 1. The van der Waals surface area contributed by atoms with E-state index in [1.54, 1.807) is 11.3 Å². The van der Waals surface area contributed by atoms with Gasteiger partial charge in [0.05, 0.1) is 16.8 Å². The minimum absolute atomic E-state index is 0.652. The first kappa shape index (κ1) is 9.89. The van der Waals surface area contributed by atoms with E-state index in [-0.39, 0.29) is 0 Å². The lowest BCUT2D eigenvalue weighted by Crippen LogP contribution is -2.02. The fourth-order valence-corrected chi connectivity index (χ4v) is 2.77. The molecule has 2 rings (SSSR count). The molecular formula is C9H10BrN3S. The van der Waals surface area contributed by atoms with Crippen molar-refractivity contribution in [3.05, 3.63) is 27.7 Å². The summed E-state index contributed by atoms with van der Waals surface area (Å²) in [6.45, 7) is 0.652. The number of hydrogen-bond acceptors (Lipinski definition) is 3. The molecule has 0 spiro atoms. The van der Waals surface area contributed by atoms with Gasteiger partial charge >= 0.3 is 0 Å². The smallest absolute Gasteiger partial charge is 0.0782 e. The second-order valence-corrected chi connectivity index (χ2v) is 4.76. The van der Waals surface area contributed by atoms with Crippen molar-refractivity contribution in [1.29, 1.82) is 0 Å². The summed E-state index contributed by atoms with van der Waals surface area (Å²) in [4.78, 5) is 1.19. The minimum Gasteiger partial charge on any atom is -0.330 e. The molecule has 3 nitrogen and oxygen atoms in total. The van der Waals surface area contributed by atoms with Gasteiger partial charge in [-0.25, -0.2) is 0 Å². The topological polar surface area (TPSA) is 54.7 Å². The van der Waals surface area contributed by atoms with E-state index in [0.717, 1.165) is 16.6 Å². The first-order chi connectivity index (χ1) is 6.81. The molecule has 2 aromatic heterocycles. The van der Waals surface area contributed by atoms with Crippen molar-refractivity contribution in [1.82, 2.24) is 10.2 Å². The highest BCUT2D eigenvalue weighted by Crippen LogP contribution is 2.30. The number of H-pyrrole nitrogens is 1. The predicted molar refractivity (Wildman–Crippen MR) is 62.4 cm³/mol. The van der Waals surface area contributed by atoms with Gasteiger partial charge in [-0.1, -0.05) is 0 Å². The van der Waals surface area contributed by atoms with Gasteiger partial charge in [0.25, 0.3) is 0 Å². The summed E-state index contributed by atoms with van der Waals surface area (Å²) in [5.74, 6) is 0. The summed E-state index contributed by atoms with van der Waals surface area (Å²) in [7, 11) is 0. The molecule has 3 N–H and O–H groups in total. The summed E-state index contributed by atoms with van der Waals surface area (Å²) < 4.78 is 1.10. The number of nitrogens with zero attached hydrogens (tertiary/aromatic N) is 1. The Morgan fingerprint density at radius 2 is 2.43 bits per heavy atom. The molecule has 0 saturated heterocycles. The maximum Gasteiger partial charge on any atom is 0.0782 e. The highest BCUT2D eigenvalue weighted by atomic mass is 79.9. The number of aromatic nitrogens is 2. The molecular weight excluding hydrogens is 262 g/mol. The van der Waals surface area contributed by atoms with Crippen LogP contribution < -0.4 is 5.73 Å². The predicted octanol–water partition coefficient (Wildman–Crippen LogP) is 2.40. The maximum atomic E-state index is 5.52. The van der Waals surface area contributed by atoms with Crippen molar-refractivity contribution < 1.29 is 0 Å². The fourth-order valence-electron chi connectivity index (χ4n) is 1.31. The van der Waals surface area contributed by atoms with Gasteiger partial charge < -0.3 is 5.73 Å². The summed E-state index contributed by atoms with van der Waals surface area (Å²) in [6.07, 6.45) is 2.71. The molecule has 2 aromatic rings. The molecule has 0 aromatic carbocycles. The number of hydrogen-bond donors (Lipinski definition) is 2. The van der Waals surface area contributed by atoms with Gasteiger partial charge in [-0.2, -0.15) is 5.10 Å². The van der Waals surface area contributed by atoms with Crippen LogP contribution in [0.25, 0.3) is 10.6 Å². The number of thiophene rings is 1. The maximum absolute atomic E-state index is 5.52. The first-order valence-corrected chi connectivity index (χ1v) is 5.95. The van der Waals surface area contributed by atoms with E-state index in [1.165, 1.54) is 10.4 Å². The van der Waals surface area contributed by atoms with Crippen molar-refractivity contribution in [2.24, 2.45) is 5.73 Å². The van der Waals surface area contributed by atoms with Crippen LogP contribution in [0.2, 0.25) is 0 Å². The quantitative estimate of drug-likeness (QED) is 0.901. The Hall–Kier alpha value is -0.650. The molecule has 5 heteroatoms. The standard InChI is InChI=1S/C9H10BrN3S/c10-7-3-8(14-5-7)9-6(1-2-11)4-12-13-9/h3-5H,1-2,11H2,(H,12,13). The molecule has 0 atom stereocenters. The molecule has 0 unspecified atom stereocenters. The Kier molecular flexibility index (Phi) is 3.00. The van der Waals surface area contributed by atoms with Crippen LogP contribution in [0.4, 0.5) is 0 Å². The number of rotatable bonds is 3. The third-order valence-electron chi connectivity index (χ3n) is 1.95. The lowest BCUT2D eigenvalue weighted by molar-refractivity contribution is 0.972. The van der Waals surface area contributed by atoms with Crippen LogP contribution in [-0.4, -0.2) is 16.7 Å². The Bertz CT molecular complexity index is 421. The van der Waals surface area contributed by atoms with Crippen LogP contribution in [-0.2, 0) is 6.42 Å². The molecule has 14 heavy (non-hydrogen) atoms. The second kappa shape index (κ2) is 4.25. The molecule has 0 bridgehead atoms. The van der Waals surface area contributed by atoms with E-state index in [1.807, 2.05) is 6.20 Å². The Morgan fingerprint density at radius 1 is 1.57 bits per heavy atom. The molecule has 0 aliphatic carbocycles. The van der Waals surface area contributed by atoms with Gasteiger partial charge in [-0.3, -0.25) is 5.10 Å². The van der Waals surface area contributed by atoms with Gasteiger partial charge in [0.15, 0.2) is 0 Å². The van der Waals surface area contributed by atoms with Crippen molar-refractivity contribution in [2.45, 2.75) is 6.42 Å². The van der Waals surface area contributed by atoms with Crippen LogP contribution in [0.1, 0.15) is 5.56 Å². The zero-order valence-electron chi connectivity index (χ0n) is 7.46. The highest BCUT2D eigenvalue weighted by molar-refractivity contribution is 9.10. The van der Waals surface area contributed by atoms with Crippen LogP contribution >= 0.6 is 27.3 Å². The van der Waals surface area contributed by atoms with Crippen LogP contribution in [0.3, 0.4) is 0 Å². The van der Waals surface area contributed by atoms with Crippen molar-refractivity contribution in [3.63, 3.8) is 0 Å². The molecule has 0 aliphatic heterocycles. The summed E-state index contributed by atoms with van der Waals surface area (Å²) in [5.41, 5.74) is 7.80. The minimum atomic E-state index is 0.652. The van der Waals surface area contributed by atoms with Gasteiger partial charge in [-0.15, -0.1) is 11.3 Å². The number of aromatic amines is 1. The van der Waals surface area contributed by atoms with E-state index in [9.17, 15) is 0 Å². The summed E-state index contributed by atoms with van der Waals surface area (Å²) in [6, 6.07) is 2.08. The second-order valence-electron chi connectivity index (χ2n) is 2.94. The third-order valence-corrected chi connectivity index (χ3v) is 3.65. The fraction of sp³-hybridized carbons (Fsp3) is 0.222. The Morgan fingerprint density at radius 3 is 3.07 bits per heavy atom. The van der Waals surface area contributed by atoms with E-state index in [2.05, 4.69) is 37.6 Å². The van der Waals surface area contributed by atoms with Gasteiger partial charge in [-0.05, 0) is 40.5 Å². The Balaban J connectivity index is 2.36. The zero-order chi connectivity index (χ0) is 9.97. The van der Waals surface area contributed by atoms with E-state index >= 15 is 0 Å². The molecule has 0 radical (unpaired) electrons. The van der Waals surface area contributed by atoms with Crippen LogP contribution in [0, 0.1) is 0 Å². The Labute approximate surface area is 94.5 Å². The average Bonchev–Trinajstić information content (AvgIpc) is 2.74. The molecule has 0 aliphatic rings. The third kappa shape index (κ3) is 1.89.